The van der Waals surface area contributed by atoms with Crippen molar-refractivity contribution in [3.63, 3.8) is 0 Å². The Kier molecular flexibility index (Phi) is 6.39. The Balaban J connectivity index is 2.57. The molecule has 6 heteroatoms. The van der Waals surface area contributed by atoms with E-state index in [0.717, 1.165) is 5.56 Å². The zero-order chi connectivity index (χ0) is 15.0. The molecule has 1 rings (SSSR count). The summed E-state index contributed by atoms with van der Waals surface area (Å²) >= 11 is 0. The maximum Gasteiger partial charge on any atom is 0.225 e. The lowest BCUT2D eigenvalue weighted by Gasteiger charge is -2.16. The molecule has 0 aliphatic rings. The third-order valence-electron chi connectivity index (χ3n) is 2.77. The first kappa shape index (κ1) is 15.8. The van der Waals surface area contributed by atoms with Gasteiger partial charge in [-0.15, -0.1) is 0 Å². The number of primary amides is 1. The summed E-state index contributed by atoms with van der Waals surface area (Å²) in [7, 11) is 0. The summed E-state index contributed by atoms with van der Waals surface area (Å²) in [6.07, 6.45) is 0.198. The number of carbonyl (C=O) groups excluding carboxylic acids is 3. The average molecular weight is 278 g/mol. The quantitative estimate of drug-likeness (QED) is 0.597. The van der Waals surface area contributed by atoms with Gasteiger partial charge in [0, 0.05) is 6.42 Å². The zero-order valence-electron chi connectivity index (χ0n) is 11.0. The van der Waals surface area contributed by atoms with Gasteiger partial charge in [-0.3, -0.25) is 14.4 Å². The fourth-order valence-electron chi connectivity index (χ4n) is 1.74. The summed E-state index contributed by atoms with van der Waals surface area (Å²) in [5.41, 5.74) is 5.83. The molecular formula is C14H18N2O4. The SMILES string of the molecule is NC(=O)CC[C@H](NC(=O)Cc1ccccc1)C(=O)CO. The number of aliphatic hydroxyl groups excluding tert-OH is 1. The second-order valence-electron chi connectivity index (χ2n) is 4.41. The molecule has 108 valence electrons. The fraction of sp³-hybridized carbons (Fsp3) is 0.357. The van der Waals surface area contributed by atoms with E-state index in [1.165, 1.54) is 0 Å². The standard InChI is InChI=1S/C14H18N2O4/c15-13(19)7-6-11(12(18)9-17)16-14(20)8-10-4-2-1-3-5-10/h1-5,11,17H,6-9H2,(H2,15,19)(H,16,20)/t11-/m0/s1. The molecule has 20 heavy (non-hydrogen) atoms. The van der Waals surface area contributed by atoms with Crippen LogP contribution in [0.1, 0.15) is 18.4 Å². The van der Waals surface area contributed by atoms with Gasteiger partial charge in [0.1, 0.15) is 6.61 Å². The van der Waals surface area contributed by atoms with Crippen molar-refractivity contribution in [2.24, 2.45) is 5.73 Å². The van der Waals surface area contributed by atoms with Crippen LogP contribution < -0.4 is 11.1 Å². The maximum atomic E-state index is 11.8. The number of Topliss-reactive ketones (excluding diaryl/α,β-unsaturated/α-hetero) is 1. The zero-order valence-corrected chi connectivity index (χ0v) is 11.0. The van der Waals surface area contributed by atoms with E-state index in [-0.39, 0.29) is 25.2 Å². The van der Waals surface area contributed by atoms with Crippen LogP contribution >= 0.6 is 0 Å². The molecule has 0 heterocycles. The summed E-state index contributed by atoms with van der Waals surface area (Å²) in [4.78, 5) is 34.0. The number of aliphatic hydroxyl groups is 1. The van der Waals surface area contributed by atoms with E-state index < -0.39 is 24.3 Å². The lowest BCUT2D eigenvalue weighted by atomic mass is 10.1. The van der Waals surface area contributed by atoms with Crippen LogP contribution in [0.4, 0.5) is 0 Å². The number of carbonyl (C=O) groups is 3. The topological polar surface area (TPSA) is 109 Å². The summed E-state index contributed by atoms with van der Waals surface area (Å²) in [5, 5.41) is 11.4. The Morgan fingerprint density at radius 2 is 1.85 bits per heavy atom. The number of nitrogens with one attached hydrogen (secondary N) is 1. The number of rotatable bonds is 8. The van der Waals surface area contributed by atoms with Crippen molar-refractivity contribution in [3.05, 3.63) is 35.9 Å². The van der Waals surface area contributed by atoms with Crippen molar-refractivity contribution >= 4 is 17.6 Å². The molecule has 1 aromatic carbocycles. The van der Waals surface area contributed by atoms with Crippen LogP contribution in [0.2, 0.25) is 0 Å². The van der Waals surface area contributed by atoms with Gasteiger partial charge in [-0.2, -0.15) is 0 Å². The molecule has 1 atom stereocenters. The number of hydrogen-bond acceptors (Lipinski definition) is 4. The molecule has 0 spiro atoms. The Hall–Kier alpha value is -2.21. The van der Waals surface area contributed by atoms with Gasteiger partial charge in [-0.25, -0.2) is 0 Å². The molecule has 1 aromatic rings. The Bertz CT molecular complexity index is 473. The van der Waals surface area contributed by atoms with E-state index in [9.17, 15) is 14.4 Å². The predicted molar refractivity (Wildman–Crippen MR) is 72.6 cm³/mol. The highest BCUT2D eigenvalue weighted by Gasteiger charge is 2.20. The Labute approximate surface area is 117 Å². The third-order valence-corrected chi connectivity index (χ3v) is 2.77. The number of amides is 2. The molecule has 0 radical (unpaired) electrons. The lowest BCUT2D eigenvalue weighted by molar-refractivity contribution is -0.129. The van der Waals surface area contributed by atoms with Gasteiger partial charge in [0.2, 0.25) is 11.8 Å². The smallest absolute Gasteiger partial charge is 0.225 e. The van der Waals surface area contributed by atoms with Gasteiger partial charge >= 0.3 is 0 Å². The normalized spacial score (nSPS) is 11.7. The van der Waals surface area contributed by atoms with E-state index in [1.807, 2.05) is 18.2 Å². The summed E-state index contributed by atoms with van der Waals surface area (Å²) in [6.45, 7) is -0.685. The number of ketones is 1. The molecule has 0 saturated heterocycles. The van der Waals surface area contributed by atoms with Crippen LogP contribution in [0.5, 0.6) is 0 Å². The van der Waals surface area contributed by atoms with Crippen molar-refractivity contribution in [2.75, 3.05) is 6.61 Å². The van der Waals surface area contributed by atoms with E-state index in [2.05, 4.69) is 5.32 Å². The van der Waals surface area contributed by atoms with Crippen LogP contribution in [0.3, 0.4) is 0 Å². The minimum Gasteiger partial charge on any atom is -0.389 e. The van der Waals surface area contributed by atoms with Crippen molar-refractivity contribution in [1.82, 2.24) is 5.32 Å². The molecule has 0 fully saturated rings. The molecule has 0 saturated carbocycles. The van der Waals surface area contributed by atoms with E-state index in [1.54, 1.807) is 12.1 Å². The van der Waals surface area contributed by atoms with Crippen molar-refractivity contribution in [2.45, 2.75) is 25.3 Å². The van der Waals surface area contributed by atoms with Crippen molar-refractivity contribution in [1.29, 1.82) is 0 Å². The molecule has 0 aliphatic heterocycles. The fourth-order valence-corrected chi connectivity index (χ4v) is 1.74. The second-order valence-corrected chi connectivity index (χ2v) is 4.41. The highest BCUT2D eigenvalue weighted by atomic mass is 16.3. The largest absolute Gasteiger partial charge is 0.389 e. The monoisotopic (exact) mass is 278 g/mol. The maximum absolute atomic E-state index is 11.8. The van der Waals surface area contributed by atoms with E-state index in [4.69, 9.17) is 10.8 Å². The molecule has 0 bridgehead atoms. The lowest BCUT2D eigenvalue weighted by Crippen LogP contribution is -2.43. The predicted octanol–water partition coefficient (Wildman–Crippen LogP) is -0.459. The molecule has 0 aliphatic carbocycles. The van der Waals surface area contributed by atoms with Gasteiger partial charge in [0.25, 0.3) is 0 Å². The average Bonchev–Trinajstić information content (AvgIpc) is 2.43. The number of nitrogens with two attached hydrogens (primary N) is 1. The summed E-state index contributed by atoms with van der Waals surface area (Å²) in [6, 6.07) is 8.17. The molecule has 6 nitrogen and oxygen atoms in total. The first-order chi connectivity index (χ1) is 9.52. The van der Waals surface area contributed by atoms with Crippen molar-refractivity contribution < 1.29 is 19.5 Å². The third kappa shape index (κ3) is 5.62. The minimum absolute atomic E-state index is 0.0258. The van der Waals surface area contributed by atoms with Crippen LogP contribution in [-0.4, -0.2) is 35.4 Å². The minimum atomic E-state index is -0.885. The van der Waals surface area contributed by atoms with E-state index in [0.29, 0.717) is 0 Å². The number of hydrogen-bond donors (Lipinski definition) is 3. The molecule has 0 unspecified atom stereocenters. The highest BCUT2D eigenvalue weighted by molar-refractivity contribution is 5.90. The van der Waals surface area contributed by atoms with Gasteiger partial charge in [0.15, 0.2) is 5.78 Å². The van der Waals surface area contributed by atoms with Crippen LogP contribution in [-0.2, 0) is 20.8 Å². The van der Waals surface area contributed by atoms with Gasteiger partial charge in [0.05, 0.1) is 12.5 Å². The summed E-state index contributed by atoms with van der Waals surface area (Å²) < 4.78 is 0. The van der Waals surface area contributed by atoms with E-state index >= 15 is 0 Å². The summed E-state index contributed by atoms with van der Waals surface area (Å²) in [5.74, 6) is -1.43. The molecule has 4 N–H and O–H groups in total. The van der Waals surface area contributed by atoms with Gasteiger partial charge in [-0.1, -0.05) is 30.3 Å². The Morgan fingerprint density at radius 3 is 2.40 bits per heavy atom. The first-order valence-electron chi connectivity index (χ1n) is 6.28. The van der Waals surface area contributed by atoms with Crippen LogP contribution in [0, 0.1) is 0 Å². The van der Waals surface area contributed by atoms with Gasteiger partial charge in [-0.05, 0) is 12.0 Å². The van der Waals surface area contributed by atoms with Crippen molar-refractivity contribution in [3.8, 4) is 0 Å². The van der Waals surface area contributed by atoms with Crippen LogP contribution in [0.15, 0.2) is 30.3 Å². The first-order valence-corrected chi connectivity index (χ1v) is 6.28. The number of benzene rings is 1. The molecule has 0 aromatic heterocycles. The molecular weight excluding hydrogens is 260 g/mol. The molecule has 2 amide bonds. The van der Waals surface area contributed by atoms with Crippen LogP contribution in [0.25, 0.3) is 0 Å². The highest BCUT2D eigenvalue weighted by Crippen LogP contribution is 2.02. The van der Waals surface area contributed by atoms with Gasteiger partial charge < -0.3 is 16.2 Å². The second kappa shape index (κ2) is 8.06. The Morgan fingerprint density at radius 1 is 1.20 bits per heavy atom.